The summed E-state index contributed by atoms with van der Waals surface area (Å²) in [6.07, 6.45) is -1.29. The summed E-state index contributed by atoms with van der Waals surface area (Å²) in [5.74, 6) is -1.89. The third-order valence-corrected chi connectivity index (χ3v) is 4.08. The number of carbonyl (C=O) groups excluding carboxylic acids is 3. The molecular weight excluding hydrogens is 326 g/mol. The second-order valence-corrected chi connectivity index (χ2v) is 6.39. The van der Waals surface area contributed by atoms with Crippen LogP contribution in [0.1, 0.15) is 12.5 Å². The Kier molecular flexibility index (Phi) is 6.22. The lowest BCUT2D eigenvalue weighted by atomic mass is 10.2. The molecule has 0 aliphatic rings. The van der Waals surface area contributed by atoms with Crippen molar-refractivity contribution in [2.75, 3.05) is 6.54 Å². The Morgan fingerprint density at radius 3 is 2.30 bits per heavy atom. The molecule has 0 aliphatic carbocycles. The molecule has 1 aromatic carbocycles. The van der Waals surface area contributed by atoms with Gasteiger partial charge in [-0.2, -0.15) is 4.72 Å². The standard InChI is InChI=1S/C13H17N3O6S/c1-8-3-5-10(6-4-8)23(20,21)15-7-11(17)22-9(2)12(18)16-13(14)19/h3-6,9,15H,7H2,1-2H3,(H3,14,16,18,19)/t9-/m0/s1. The van der Waals surface area contributed by atoms with Crippen LogP contribution >= 0.6 is 0 Å². The van der Waals surface area contributed by atoms with Crippen LogP contribution in [0.4, 0.5) is 4.79 Å². The lowest BCUT2D eigenvalue weighted by molar-refractivity contribution is -0.153. The minimum absolute atomic E-state index is 0.00424. The number of hydrogen-bond donors (Lipinski definition) is 3. The molecule has 0 radical (unpaired) electrons. The van der Waals surface area contributed by atoms with Gasteiger partial charge in [-0.15, -0.1) is 0 Å². The van der Waals surface area contributed by atoms with Gasteiger partial charge in [0.2, 0.25) is 10.0 Å². The van der Waals surface area contributed by atoms with Gasteiger partial charge in [0.15, 0.2) is 6.10 Å². The molecule has 126 valence electrons. The van der Waals surface area contributed by atoms with E-state index in [1.165, 1.54) is 19.1 Å². The summed E-state index contributed by atoms with van der Waals surface area (Å²) in [6, 6.07) is 4.93. The molecule has 0 saturated carbocycles. The Hall–Kier alpha value is -2.46. The van der Waals surface area contributed by atoms with E-state index in [0.29, 0.717) is 0 Å². The highest BCUT2D eigenvalue weighted by atomic mass is 32.2. The molecule has 4 N–H and O–H groups in total. The number of carbonyl (C=O) groups is 3. The van der Waals surface area contributed by atoms with Crippen LogP contribution in [0.25, 0.3) is 0 Å². The molecule has 9 nitrogen and oxygen atoms in total. The molecule has 3 amide bonds. The van der Waals surface area contributed by atoms with E-state index in [-0.39, 0.29) is 4.90 Å². The van der Waals surface area contributed by atoms with Gasteiger partial charge in [-0.25, -0.2) is 13.2 Å². The van der Waals surface area contributed by atoms with Gasteiger partial charge in [-0.3, -0.25) is 14.9 Å². The van der Waals surface area contributed by atoms with Crippen LogP contribution < -0.4 is 15.8 Å². The highest BCUT2D eigenvalue weighted by Crippen LogP contribution is 2.09. The quantitative estimate of drug-likeness (QED) is 0.588. The average molecular weight is 343 g/mol. The van der Waals surface area contributed by atoms with E-state index in [1.807, 2.05) is 0 Å². The number of hydrogen-bond acceptors (Lipinski definition) is 6. The number of primary amides is 1. The summed E-state index contributed by atoms with van der Waals surface area (Å²) in [5, 5.41) is 1.74. The molecular formula is C13H17N3O6S. The molecule has 23 heavy (non-hydrogen) atoms. The topological polar surface area (TPSA) is 145 Å². The van der Waals surface area contributed by atoms with Crippen molar-refractivity contribution in [3.05, 3.63) is 29.8 Å². The fraction of sp³-hybridized carbons (Fsp3) is 0.308. The predicted molar refractivity (Wildman–Crippen MR) is 79.6 cm³/mol. The summed E-state index contributed by atoms with van der Waals surface area (Å²) in [6.45, 7) is 2.36. The number of rotatable bonds is 6. The van der Waals surface area contributed by atoms with Crippen molar-refractivity contribution in [1.82, 2.24) is 10.0 Å². The molecule has 0 aromatic heterocycles. The molecule has 1 rings (SSSR count). The molecule has 10 heteroatoms. The first-order valence-corrected chi connectivity index (χ1v) is 7.96. The van der Waals surface area contributed by atoms with Crippen molar-refractivity contribution in [1.29, 1.82) is 0 Å². The minimum Gasteiger partial charge on any atom is -0.452 e. The fourth-order valence-corrected chi connectivity index (χ4v) is 2.44. The molecule has 0 bridgehead atoms. The monoisotopic (exact) mass is 343 g/mol. The van der Waals surface area contributed by atoms with Crippen molar-refractivity contribution >= 4 is 27.9 Å². The van der Waals surface area contributed by atoms with E-state index in [9.17, 15) is 22.8 Å². The number of esters is 1. The van der Waals surface area contributed by atoms with E-state index in [4.69, 9.17) is 5.73 Å². The summed E-state index contributed by atoms with van der Waals surface area (Å²) in [4.78, 5) is 33.3. The maximum Gasteiger partial charge on any atom is 0.321 e. The summed E-state index contributed by atoms with van der Waals surface area (Å²) < 4.78 is 30.6. The smallest absolute Gasteiger partial charge is 0.321 e. The second kappa shape index (κ2) is 7.70. The Morgan fingerprint density at radius 2 is 1.78 bits per heavy atom. The summed E-state index contributed by atoms with van der Waals surface area (Å²) in [5.41, 5.74) is 5.64. The Balaban J connectivity index is 2.57. The van der Waals surface area contributed by atoms with E-state index < -0.39 is 40.6 Å². The lowest BCUT2D eigenvalue weighted by Gasteiger charge is -2.12. The van der Waals surface area contributed by atoms with Crippen LogP contribution in [-0.4, -0.2) is 39.0 Å². The molecule has 0 spiro atoms. The van der Waals surface area contributed by atoms with Crippen LogP contribution in [0.5, 0.6) is 0 Å². The predicted octanol–water partition coefficient (Wildman–Crippen LogP) is -0.600. The van der Waals surface area contributed by atoms with Crippen LogP contribution in [0, 0.1) is 6.92 Å². The zero-order valence-electron chi connectivity index (χ0n) is 12.5. The third-order valence-electron chi connectivity index (χ3n) is 2.66. The number of nitrogens with two attached hydrogens (primary N) is 1. The van der Waals surface area contributed by atoms with E-state index in [1.54, 1.807) is 24.4 Å². The van der Waals surface area contributed by atoms with Gasteiger partial charge < -0.3 is 10.5 Å². The number of urea groups is 1. The molecule has 0 unspecified atom stereocenters. The van der Waals surface area contributed by atoms with Gasteiger partial charge >= 0.3 is 12.0 Å². The Morgan fingerprint density at radius 1 is 1.22 bits per heavy atom. The number of sulfonamides is 1. The van der Waals surface area contributed by atoms with E-state index >= 15 is 0 Å². The molecule has 0 saturated heterocycles. The number of benzene rings is 1. The Labute approximate surface area is 133 Å². The van der Waals surface area contributed by atoms with Crippen molar-refractivity contribution < 1.29 is 27.5 Å². The molecule has 1 aromatic rings. The first kappa shape index (κ1) is 18.6. The number of nitrogens with one attached hydrogen (secondary N) is 2. The second-order valence-electron chi connectivity index (χ2n) is 4.62. The molecule has 0 fully saturated rings. The van der Waals surface area contributed by atoms with Crippen molar-refractivity contribution in [2.24, 2.45) is 5.73 Å². The van der Waals surface area contributed by atoms with Gasteiger partial charge in [0, 0.05) is 0 Å². The molecule has 0 aliphatic heterocycles. The summed E-state index contributed by atoms with van der Waals surface area (Å²) >= 11 is 0. The van der Waals surface area contributed by atoms with Crippen molar-refractivity contribution in [2.45, 2.75) is 24.8 Å². The molecule has 1 atom stereocenters. The van der Waals surface area contributed by atoms with Gasteiger partial charge in [-0.1, -0.05) is 17.7 Å². The average Bonchev–Trinajstić information content (AvgIpc) is 2.45. The maximum absolute atomic E-state index is 12.0. The SMILES string of the molecule is Cc1ccc(S(=O)(=O)NCC(=O)O[C@@H](C)C(=O)NC(N)=O)cc1. The number of aryl methyl sites for hydroxylation is 1. The minimum atomic E-state index is -3.87. The number of amides is 3. The van der Waals surface area contributed by atoms with Crippen LogP contribution in [0.15, 0.2) is 29.2 Å². The van der Waals surface area contributed by atoms with E-state index in [2.05, 4.69) is 9.46 Å². The highest BCUT2D eigenvalue weighted by Gasteiger charge is 2.21. The largest absolute Gasteiger partial charge is 0.452 e. The van der Waals surface area contributed by atoms with Gasteiger partial charge in [0.05, 0.1) is 4.90 Å². The fourth-order valence-electron chi connectivity index (χ4n) is 1.47. The number of ether oxygens (including phenoxy) is 1. The van der Waals surface area contributed by atoms with Gasteiger partial charge in [-0.05, 0) is 26.0 Å². The third kappa shape index (κ3) is 6.04. The highest BCUT2D eigenvalue weighted by molar-refractivity contribution is 7.89. The van der Waals surface area contributed by atoms with E-state index in [0.717, 1.165) is 5.56 Å². The van der Waals surface area contributed by atoms with Crippen molar-refractivity contribution in [3.63, 3.8) is 0 Å². The van der Waals surface area contributed by atoms with Gasteiger partial charge in [0.1, 0.15) is 6.54 Å². The van der Waals surface area contributed by atoms with Crippen LogP contribution in [-0.2, 0) is 24.3 Å². The summed E-state index contributed by atoms with van der Waals surface area (Å²) in [7, 11) is -3.87. The zero-order valence-corrected chi connectivity index (χ0v) is 13.3. The first-order valence-electron chi connectivity index (χ1n) is 6.48. The number of imide groups is 1. The maximum atomic E-state index is 12.0. The first-order chi connectivity index (χ1) is 10.6. The normalized spacial score (nSPS) is 12.3. The van der Waals surface area contributed by atoms with Gasteiger partial charge in [0.25, 0.3) is 5.91 Å². The zero-order chi connectivity index (χ0) is 17.6. The lowest BCUT2D eigenvalue weighted by Crippen LogP contribution is -2.43. The van der Waals surface area contributed by atoms with Crippen molar-refractivity contribution in [3.8, 4) is 0 Å². The van der Waals surface area contributed by atoms with Crippen LogP contribution in [0.3, 0.4) is 0 Å². The Bertz CT molecular complexity index is 699. The molecule has 0 heterocycles. The van der Waals surface area contributed by atoms with Crippen LogP contribution in [0.2, 0.25) is 0 Å².